The summed E-state index contributed by atoms with van der Waals surface area (Å²) in [4.78, 5) is 14.0. The minimum Gasteiger partial charge on any atom is -0.444 e. The number of nitrogens with zero attached hydrogens (tertiary/aromatic N) is 3. The smallest absolute Gasteiger partial charge is 0.410 e. The number of thioether (sulfide) groups is 1. The Hall–Kier alpha value is -1.24. The van der Waals surface area contributed by atoms with Gasteiger partial charge < -0.3 is 9.15 Å². The molecule has 6 nitrogen and oxygen atoms in total. The molecule has 1 aliphatic rings. The summed E-state index contributed by atoms with van der Waals surface area (Å²) in [5.41, 5.74) is -0.503. The molecule has 1 aromatic heterocycles. The van der Waals surface area contributed by atoms with E-state index in [4.69, 9.17) is 9.15 Å². The highest BCUT2D eigenvalue weighted by Gasteiger charge is 2.36. The highest BCUT2D eigenvalue weighted by Crippen LogP contribution is 2.33. The minimum atomic E-state index is -0.503. The van der Waals surface area contributed by atoms with E-state index in [9.17, 15) is 4.79 Å². The van der Waals surface area contributed by atoms with Crippen LogP contribution in [0.25, 0.3) is 0 Å². The SMILES string of the molecule is CC(C)CCSc1nnc(C2CCCN2C(=O)OC(C)(C)C)o1. The lowest BCUT2D eigenvalue weighted by Crippen LogP contribution is -2.36. The molecule has 2 rings (SSSR count). The zero-order chi connectivity index (χ0) is 17.0. The minimum absolute atomic E-state index is 0.170. The van der Waals surface area contributed by atoms with Gasteiger partial charge in [0.1, 0.15) is 11.6 Å². The molecular formula is C16H27N3O3S. The molecule has 0 aliphatic carbocycles. The third-order valence-electron chi connectivity index (χ3n) is 3.51. The molecule has 1 fully saturated rings. The Kier molecular flexibility index (Phi) is 5.95. The van der Waals surface area contributed by atoms with Gasteiger partial charge in [-0.3, -0.25) is 4.90 Å². The topological polar surface area (TPSA) is 68.5 Å². The van der Waals surface area contributed by atoms with Crippen LogP contribution in [0.1, 0.15) is 65.8 Å². The molecule has 1 aromatic rings. The normalized spacial score (nSPS) is 18.7. The van der Waals surface area contributed by atoms with Gasteiger partial charge in [-0.15, -0.1) is 10.2 Å². The summed E-state index contributed by atoms with van der Waals surface area (Å²) in [5, 5.41) is 8.81. The molecule has 1 amide bonds. The molecular weight excluding hydrogens is 314 g/mol. The molecule has 1 unspecified atom stereocenters. The molecule has 0 N–H and O–H groups in total. The van der Waals surface area contributed by atoms with Gasteiger partial charge in [-0.2, -0.15) is 0 Å². The number of hydrogen-bond acceptors (Lipinski definition) is 6. The Labute approximate surface area is 142 Å². The van der Waals surface area contributed by atoms with Crippen molar-refractivity contribution in [3.05, 3.63) is 5.89 Å². The first-order valence-electron chi connectivity index (χ1n) is 8.22. The molecule has 0 radical (unpaired) electrons. The van der Waals surface area contributed by atoms with Gasteiger partial charge in [0, 0.05) is 12.3 Å². The Morgan fingerprint density at radius 1 is 1.43 bits per heavy atom. The number of ether oxygens (including phenoxy) is 1. The molecule has 1 saturated heterocycles. The van der Waals surface area contributed by atoms with E-state index in [2.05, 4.69) is 24.0 Å². The van der Waals surface area contributed by atoms with E-state index in [0.29, 0.717) is 23.6 Å². The first kappa shape index (κ1) is 18.1. The van der Waals surface area contributed by atoms with Crippen molar-refractivity contribution in [3.8, 4) is 0 Å². The molecule has 7 heteroatoms. The van der Waals surface area contributed by atoms with Gasteiger partial charge in [0.25, 0.3) is 5.22 Å². The number of likely N-dealkylation sites (tertiary alicyclic amines) is 1. The molecule has 0 bridgehead atoms. The van der Waals surface area contributed by atoms with Crippen LogP contribution in [0.3, 0.4) is 0 Å². The lowest BCUT2D eigenvalue weighted by molar-refractivity contribution is 0.0201. The van der Waals surface area contributed by atoms with Crippen LogP contribution in [-0.4, -0.2) is 39.1 Å². The van der Waals surface area contributed by atoms with Crippen LogP contribution >= 0.6 is 11.8 Å². The maximum atomic E-state index is 12.3. The Morgan fingerprint density at radius 3 is 2.83 bits per heavy atom. The fourth-order valence-corrected chi connectivity index (χ4v) is 3.36. The second-order valence-corrected chi connectivity index (χ2v) is 8.32. The summed E-state index contributed by atoms with van der Waals surface area (Å²) in [6.45, 7) is 10.6. The van der Waals surface area contributed by atoms with Crippen molar-refractivity contribution < 1.29 is 13.9 Å². The van der Waals surface area contributed by atoms with Crippen LogP contribution in [0.15, 0.2) is 9.64 Å². The van der Waals surface area contributed by atoms with Crippen LogP contribution in [0, 0.1) is 5.92 Å². The summed E-state index contributed by atoms with van der Waals surface area (Å²) in [7, 11) is 0. The average molecular weight is 341 g/mol. The molecule has 23 heavy (non-hydrogen) atoms. The molecule has 1 aliphatic heterocycles. The first-order chi connectivity index (χ1) is 10.8. The molecule has 130 valence electrons. The molecule has 0 aromatic carbocycles. The van der Waals surface area contributed by atoms with Gasteiger partial charge in [0.05, 0.1) is 0 Å². The second-order valence-electron chi connectivity index (χ2n) is 7.27. The fraction of sp³-hybridized carbons (Fsp3) is 0.812. The quantitative estimate of drug-likeness (QED) is 0.745. The summed E-state index contributed by atoms with van der Waals surface area (Å²) in [5.74, 6) is 2.13. The van der Waals surface area contributed by atoms with Gasteiger partial charge in [-0.05, 0) is 46.0 Å². The van der Waals surface area contributed by atoms with Gasteiger partial charge in [-0.1, -0.05) is 25.6 Å². The maximum absolute atomic E-state index is 12.3. The van der Waals surface area contributed by atoms with Crippen molar-refractivity contribution in [2.24, 2.45) is 5.92 Å². The number of hydrogen-bond donors (Lipinski definition) is 0. The number of carbonyl (C=O) groups excluding carboxylic acids is 1. The number of carbonyl (C=O) groups is 1. The van der Waals surface area contributed by atoms with E-state index in [1.165, 1.54) is 0 Å². The van der Waals surface area contributed by atoms with Crippen LogP contribution in [-0.2, 0) is 4.74 Å². The standard InChI is InChI=1S/C16H27N3O3S/c1-11(2)8-10-23-14-18-17-13(21-14)12-7-6-9-19(12)15(20)22-16(3,4)5/h11-12H,6-10H2,1-5H3. The lowest BCUT2D eigenvalue weighted by atomic mass is 10.2. The van der Waals surface area contributed by atoms with Crippen molar-refractivity contribution in [3.63, 3.8) is 0 Å². The Morgan fingerprint density at radius 2 is 2.17 bits per heavy atom. The zero-order valence-electron chi connectivity index (χ0n) is 14.7. The zero-order valence-corrected chi connectivity index (χ0v) is 15.5. The Balaban J connectivity index is 1.97. The largest absolute Gasteiger partial charge is 0.444 e. The number of amides is 1. The molecule has 0 saturated carbocycles. The van der Waals surface area contributed by atoms with Gasteiger partial charge in [0.2, 0.25) is 5.89 Å². The van der Waals surface area contributed by atoms with Crippen molar-refractivity contribution in [2.75, 3.05) is 12.3 Å². The van der Waals surface area contributed by atoms with Crippen molar-refractivity contribution in [2.45, 2.75) is 70.7 Å². The lowest BCUT2D eigenvalue weighted by Gasteiger charge is -2.27. The summed E-state index contributed by atoms with van der Waals surface area (Å²) < 4.78 is 11.2. The maximum Gasteiger partial charge on any atom is 0.410 e. The fourth-order valence-electron chi connectivity index (χ4n) is 2.36. The molecule has 1 atom stereocenters. The van der Waals surface area contributed by atoms with E-state index >= 15 is 0 Å². The van der Waals surface area contributed by atoms with Gasteiger partial charge in [0.15, 0.2) is 0 Å². The van der Waals surface area contributed by atoms with Crippen molar-refractivity contribution >= 4 is 17.9 Å². The van der Waals surface area contributed by atoms with E-state index < -0.39 is 5.60 Å². The predicted molar refractivity (Wildman–Crippen MR) is 89.4 cm³/mol. The van der Waals surface area contributed by atoms with E-state index in [1.807, 2.05) is 20.8 Å². The molecule has 2 heterocycles. The van der Waals surface area contributed by atoms with Crippen LogP contribution in [0.5, 0.6) is 0 Å². The van der Waals surface area contributed by atoms with Crippen LogP contribution in [0.4, 0.5) is 4.79 Å². The predicted octanol–water partition coefficient (Wildman–Crippen LogP) is 4.28. The highest BCUT2D eigenvalue weighted by atomic mass is 32.2. The average Bonchev–Trinajstić information content (AvgIpc) is 3.03. The Bertz CT molecular complexity index is 525. The van der Waals surface area contributed by atoms with Crippen molar-refractivity contribution in [1.82, 2.24) is 15.1 Å². The molecule has 0 spiro atoms. The second kappa shape index (κ2) is 7.55. The van der Waals surface area contributed by atoms with Crippen LogP contribution < -0.4 is 0 Å². The highest BCUT2D eigenvalue weighted by molar-refractivity contribution is 7.99. The summed E-state index contributed by atoms with van der Waals surface area (Å²) in [6.07, 6.45) is 2.54. The van der Waals surface area contributed by atoms with E-state index in [-0.39, 0.29) is 12.1 Å². The number of aromatic nitrogens is 2. The first-order valence-corrected chi connectivity index (χ1v) is 9.20. The number of rotatable bonds is 5. The van der Waals surface area contributed by atoms with E-state index in [1.54, 1.807) is 16.7 Å². The van der Waals surface area contributed by atoms with Gasteiger partial charge in [-0.25, -0.2) is 4.79 Å². The van der Waals surface area contributed by atoms with E-state index in [0.717, 1.165) is 25.0 Å². The van der Waals surface area contributed by atoms with Gasteiger partial charge >= 0.3 is 6.09 Å². The third kappa shape index (κ3) is 5.41. The monoisotopic (exact) mass is 341 g/mol. The summed E-state index contributed by atoms with van der Waals surface area (Å²) in [6, 6.07) is -0.170. The summed E-state index contributed by atoms with van der Waals surface area (Å²) >= 11 is 1.57. The van der Waals surface area contributed by atoms with Crippen molar-refractivity contribution in [1.29, 1.82) is 0 Å². The third-order valence-corrected chi connectivity index (χ3v) is 4.36. The van der Waals surface area contributed by atoms with Crippen LogP contribution in [0.2, 0.25) is 0 Å².